The Morgan fingerprint density at radius 3 is 2.16 bits per heavy atom. The van der Waals surface area contributed by atoms with Gasteiger partial charge in [0.25, 0.3) is 0 Å². The molecule has 0 unspecified atom stereocenters. The van der Waals surface area contributed by atoms with E-state index in [2.05, 4.69) is 5.32 Å². The summed E-state index contributed by atoms with van der Waals surface area (Å²) in [5, 5.41) is 4.11. The third-order valence-corrected chi connectivity index (χ3v) is 6.01. The minimum Gasteiger partial charge on any atom is -0.495 e. The number of fused-ring (bicyclic) bond motifs is 1. The van der Waals surface area contributed by atoms with E-state index >= 15 is 0 Å². The molecule has 0 bridgehead atoms. The number of hydrogen-bond acceptors (Lipinski definition) is 6. The molecule has 190 valence electrons. The highest BCUT2D eigenvalue weighted by molar-refractivity contribution is 6.13. The topological polar surface area (TPSA) is 71.0 Å². The largest absolute Gasteiger partial charge is 0.495 e. The summed E-state index contributed by atoms with van der Waals surface area (Å²) < 4.78 is 23.7. The molecule has 0 spiro atoms. The second-order valence-electron chi connectivity index (χ2n) is 8.26. The van der Waals surface area contributed by atoms with Crippen LogP contribution in [0.3, 0.4) is 0 Å². The van der Waals surface area contributed by atoms with Gasteiger partial charge in [0.1, 0.15) is 5.75 Å². The zero-order chi connectivity index (χ0) is 26.4. The summed E-state index contributed by atoms with van der Waals surface area (Å²) in [5.74, 6) is 2.29. The molecule has 0 radical (unpaired) electrons. The monoisotopic (exact) mass is 498 g/mol. The number of ketones is 1. The third-order valence-electron chi connectivity index (χ3n) is 6.01. The van der Waals surface area contributed by atoms with Crippen LogP contribution in [0, 0.1) is 0 Å². The molecule has 1 heterocycles. The van der Waals surface area contributed by atoms with Crippen LogP contribution >= 0.6 is 0 Å². The number of carbonyl (C=O) groups excluding carboxylic acids is 1. The van der Waals surface area contributed by atoms with Gasteiger partial charge in [0.2, 0.25) is 5.75 Å². The first-order valence-electron chi connectivity index (χ1n) is 11.7. The Morgan fingerprint density at radius 1 is 0.811 bits per heavy atom. The maximum atomic E-state index is 12.9. The summed E-state index contributed by atoms with van der Waals surface area (Å²) in [6.45, 7) is 0. The number of aryl methyl sites for hydroxylation is 1. The van der Waals surface area contributed by atoms with Crippen molar-refractivity contribution in [3.8, 4) is 23.0 Å². The van der Waals surface area contributed by atoms with Gasteiger partial charge < -0.3 is 28.8 Å². The normalized spacial score (nSPS) is 11.3. The number of para-hydroxylation sites is 1. The molecule has 4 aromatic rings. The molecule has 3 aromatic carbocycles. The van der Waals surface area contributed by atoms with Gasteiger partial charge in [-0.2, -0.15) is 0 Å². The van der Waals surface area contributed by atoms with Crippen LogP contribution in [0.25, 0.3) is 23.1 Å². The van der Waals surface area contributed by atoms with Crippen LogP contribution in [-0.2, 0) is 7.05 Å². The first-order valence-corrected chi connectivity index (χ1v) is 11.7. The van der Waals surface area contributed by atoms with E-state index in [1.165, 1.54) is 6.08 Å². The number of nitrogens with one attached hydrogen (secondary N) is 1. The Morgan fingerprint density at radius 2 is 1.49 bits per heavy atom. The Bertz CT molecular complexity index is 1460. The van der Waals surface area contributed by atoms with Crippen LogP contribution in [0.1, 0.15) is 21.5 Å². The fraction of sp³-hybridized carbons (Fsp3) is 0.167. The number of anilines is 1. The number of methoxy groups -OCH3 is 4. The molecule has 0 aliphatic rings. The molecular weight excluding hydrogens is 468 g/mol. The molecule has 0 aliphatic heterocycles. The number of rotatable bonds is 10. The molecule has 1 N–H and O–H groups in total. The van der Waals surface area contributed by atoms with Crippen molar-refractivity contribution in [1.29, 1.82) is 0 Å². The van der Waals surface area contributed by atoms with Gasteiger partial charge in [0, 0.05) is 42.0 Å². The van der Waals surface area contributed by atoms with Crippen molar-refractivity contribution in [1.82, 2.24) is 4.57 Å². The van der Waals surface area contributed by atoms with Gasteiger partial charge in [-0.25, -0.2) is 0 Å². The number of aromatic nitrogens is 1. The molecule has 7 heteroatoms. The fourth-order valence-corrected chi connectivity index (χ4v) is 4.17. The molecule has 0 saturated carbocycles. The van der Waals surface area contributed by atoms with E-state index < -0.39 is 0 Å². The highest BCUT2D eigenvalue weighted by Gasteiger charge is 2.13. The first-order chi connectivity index (χ1) is 18.0. The fourth-order valence-electron chi connectivity index (χ4n) is 4.17. The van der Waals surface area contributed by atoms with Crippen LogP contribution in [0.5, 0.6) is 23.0 Å². The van der Waals surface area contributed by atoms with Crippen LogP contribution < -0.4 is 24.3 Å². The quantitative estimate of drug-likeness (QED) is 0.160. The van der Waals surface area contributed by atoms with Crippen molar-refractivity contribution in [2.75, 3.05) is 33.8 Å². The van der Waals surface area contributed by atoms with E-state index in [4.69, 9.17) is 18.9 Å². The predicted molar refractivity (Wildman–Crippen MR) is 148 cm³/mol. The summed E-state index contributed by atoms with van der Waals surface area (Å²) in [6, 6.07) is 17.4. The Hall–Kier alpha value is -4.65. The van der Waals surface area contributed by atoms with Crippen molar-refractivity contribution in [2.45, 2.75) is 0 Å². The second kappa shape index (κ2) is 11.4. The predicted octanol–water partition coefficient (Wildman–Crippen LogP) is 6.19. The molecule has 0 fully saturated rings. The standard InChI is InChI=1S/C30H30N2O5/c1-32-19-23(22-8-6-7-9-25(22)32)26(33)14-15-31-24-16-20(12-13-27(24)34-2)10-11-21-17-28(35-3)30(37-5)29(18-21)36-4/h6-19,31H,1-5H3/b11-10-,15-14-. The summed E-state index contributed by atoms with van der Waals surface area (Å²) in [4.78, 5) is 12.9. The van der Waals surface area contributed by atoms with E-state index in [1.54, 1.807) is 34.6 Å². The van der Waals surface area contributed by atoms with Gasteiger partial charge in [-0.1, -0.05) is 36.4 Å². The van der Waals surface area contributed by atoms with E-state index in [1.807, 2.05) is 84.6 Å². The summed E-state index contributed by atoms with van der Waals surface area (Å²) in [5.41, 5.74) is 4.23. The molecule has 4 rings (SSSR count). The number of allylic oxidation sites excluding steroid dienone is 1. The van der Waals surface area contributed by atoms with Gasteiger partial charge >= 0.3 is 0 Å². The average molecular weight is 499 g/mol. The summed E-state index contributed by atoms with van der Waals surface area (Å²) >= 11 is 0. The molecule has 0 aliphatic carbocycles. The number of nitrogens with zero attached hydrogens (tertiary/aromatic N) is 1. The molecule has 0 amide bonds. The van der Waals surface area contributed by atoms with E-state index in [-0.39, 0.29) is 5.78 Å². The molecule has 37 heavy (non-hydrogen) atoms. The van der Waals surface area contributed by atoms with Gasteiger partial charge in [-0.15, -0.1) is 0 Å². The van der Waals surface area contributed by atoms with Crippen LogP contribution in [0.4, 0.5) is 5.69 Å². The molecule has 0 saturated heterocycles. The molecule has 0 atom stereocenters. The Kier molecular flexibility index (Phi) is 7.83. The van der Waals surface area contributed by atoms with Crippen molar-refractivity contribution in [3.05, 3.63) is 89.8 Å². The zero-order valence-corrected chi connectivity index (χ0v) is 21.6. The molecule has 7 nitrogen and oxygen atoms in total. The number of carbonyl (C=O) groups is 1. The number of hydrogen-bond donors (Lipinski definition) is 1. The Balaban J connectivity index is 1.54. The molecular formula is C30H30N2O5. The average Bonchev–Trinajstić information content (AvgIpc) is 3.27. The third kappa shape index (κ3) is 5.46. The van der Waals surface area contributed by atoms with Crippen LogP contribution in [-0.4, -0.2) is 38.8 Å². The van der Waals surface area contributed by atoms with Crippen LogP contribution in [0.15, 0.2) is 73.1 Å². The van der Waals surface area contributed by atoms with Crippen molar-refractivity contribution < 1.29 is 23.7 Å². The lowest BCUT2D eigenvalue weighted by molar-refractivity contribution is 0.104. The second-order valence-corrected chi connectivity index (χ2v) is 8.26. The zero-order valence-electron chi connectivity index (χ0n) is 21.6. The lowest BCUT2D eigenvalue weighted by Crippen LogP contribution is -1.97. The van der Waals surface area contributed by atoms with Gasteiger partial charge in [-0.05, 0) is 41.5 Å². The smallest absolute Gasteiger partial charge is 0.203 e. The van der Waals surface area contributed by atoms with E-state index in [9.17, 15) is 4.79 Å². The van der Waals surface area contributed by atoms with Gasteiger partial charge in [0.15, 0.2) is 17.3 Å². The lowest BCUT2D eigenvalue weighted by atomic mass is 10.1. The maximum Gasteiger partial charge on any atom is 0.203 e. The van der Waals surface area contributed by atoms with E-state index in [0.29, 0.717) is 28.6 Å². The highest BCUT2D eigenvalue weighted by Crippen LogP contribution is 2.38. The van der Waals surface area contributed by atoms with Crippen molar-refractivity contribution >= 4 is 34.5 Å². The van der Waals surface area contributed by atoms with Gasteiger partial charge in [-0.3, -0.25) is 4.79 Å². The Labute approximate surface area is 216 Å². The highest BCUT2D eigenvalue weighted by atomic mass is 16.5. The SMILES string of the molecule is COc1ccc(/C=C\c2cc(OC)c(OC)c(OC)c2)cc1N/C=C\C(=O)c1cn(C)c2ccccc12. The minimum absolute atomic E-state index is 0.0817. The number of ether oxygens (including phenoxy) is 4. The van der Waals surface area contributed by atoms with Crippen LogP contribution in [0.2, 0.25) is 0 Å². The van der Waals surface area contributed by atoms with Crippen molar-refractivity contribution in [3.63, 3.8) is 0 Å². The molecule has 1 aromatic heterocycles. The van der Waals surface area contributed by atoms with Crippen molar-refractivity contribution in [2.24, 2.45) is 7.05 Å². The maximum absolute atomic E-state index is 12.9. The minimum atomic E-state index is -0.0817. The summed E-state index contributed by atoms with van der Waals surface area (Å²) in [6.07, 6.45) is 8.94. The van der Waals surface area contributed by atoms with Gasteiger partial charge in [0.05, 0.1) is 34.1 Å². The number of benzene rings is 3. The summed E-state index contributed by atoms with van der Waals surface area (Å²) in [7, 11) is 8.29. The first kappa shape index (κ1) is 25.4. The lowest BCUT2D eigenvalue weighted by Gasteiger charge is -2.13. The van der Waals surface area contributed by atoms with E-state index in [0.717, 1.165) is 27.7 Å².